The minimum absolute atomic E-state index is 0.317. The predicted octanol–water partition coefficient (Wildman–Crippen LogP) is 2.05. The number of fused-ring (bicyclic) bond motifs is 1. The maximum absolute atomic E-state index is 9.47. The lowest BCUT2D eigenvalue weighted by molar-refractivity contribution is 0.0350. The molecule has 0 unspecified atom stereocenters. The lowest BCUT2D eigenvalue weighted by Crippen LogP contribution is -2.35. The molecule has 1 heteroatoms. The molecule has 0 spiro atoms. The average molecular weight is 166 g/mol. The molecule has 1 nitrogen and oxygen atoms in total. The summed E-state index contributed by atoms with van der Waals surface area (Å²) in [6.45, 7) is 2.76. The maximum Gasteiger partial charge on any atom is 0.0490 e. The zero-order valence-corrected chi connectivity index (χ0v) is 7.79. The van der Waals surface area contributed by atoms with E-state index >= 15 is 0 Å². The van der Waals surface area contributed by atoms with Crippen molar-refractivity contribution in [3.8, 4) is 0 Å². The largest absolute Gasteiger partial charge is 0.396 e. The summed E-state index contributed by atoms with van der Waals surface area (Å²) in [6.07, 6.45) is 5.73. The Hall–Kier alpha value is -0.0400. The lowest BCUT2D eigenvalue weighted by Gasteiger charge is -2.37. The van der Waals surface area contributed by atoms with Crippen LogP contribution in [0, 0.1) is 29.1 Å². The molecule has 3 aliphatic rings. The number of aliphatic hydroxyl groups excluding tert-OH is 1. The van der Waals surface area contributed by atoms with Gasteiger partial charge in [0.15, 0.2) is 0 Å². The van der Waals surface area contributed by atoms with Gasteiger partial charge in [0.05, 0.1) is 0 Å². The summed E-state index contributed by atoms with van der Waals surface area (Å²) in [6, 6.07) is 0. The third-order valence-corrected chi connectivity index (χ3v) is 5.24. The van der Waals surface area contributed by atoms with E-state index in [0.29, 0.717) is 12.0 Å². The van der Waals surface area contributed by atoms with Crippen molar-refractivity contribution in [3.63, 3.8) is 0 Å². The van der Waals surface area contributed by atoms with Crippen molar-refractivity contribution in [2.45, 2.75) is 32.6 Å². The Balaban J connectivity index is 2.00. The number of hydrogen-bond acceptors (Lipinski definition) is 1. The molecule has 5 atom stereocenters. The Morgan fingerprint density at radius 2 is 2.17 bits per heavy atom. The molecule has 12 heavy (non-hydrogen) atoms. The minimum atomic E-state index is 0.317. The van der Waals surface area contributed by atoms with Crippen molar-refractivity contribution < 1.29 is 5.11 Å². The summed E-state index contributed by atoms with van der Waals surface area (Å²) >= 11 is 0. The molecule has 2 bridgehead atoms. The van der Waals surface area contributed by atoms with Gasteiger partial charge in [-0.2, -0.15) is 0 Å². The van der Waals surface area contributed by atoms with Crippen LogP contribution in [0.3, 0.4) is 0 Å². The molecule has 3 fully saturated rings. The fraction of sp³-hybridized carbons (Fsp3) is 1.00. The van der Waals surface area contributed by atoms with Crippen LogP contribution in [0.25, 0.3) is 0 Å². The van der Waals surface area contributed by atoms with Gasteiger partial charge in [-0.15, -0.1) is 0 Å². The Bertz CT molecular complexity index is 211. The van der Waals surface area contributed by atoms with E-state index in [2.05, 4.69) is 6.92 Å². The second-order valence-electron chi connectivity index (χ2n) is 5.44. The van der Waals surface area contributed by atoms with Crippen LogP contribution in [-0.4, -0.2) is 11.7 Å². The van der Waals surface area contributed by atoms with Crippen LogP contribution in [0.2, 0.25) is 0 Å². The Morgan fingerprint density at radius 1 is 1.33 bits per heavy atom. The van der Waals surface area contributed by atoms with Gasteiger partial charge in [0.25, 0.3) is 0 Å². The molecule has 0 amide bonds. The smallest absolute Gasteiger partial charge is 0.0490 e. The normalized spacial score (nSPS) is 61.5. The second kappa shape index (κ2) is 2.06. The molecule has 3 rings (SSSR count). The van der Waals surface area contributed by atoms with Gasteiger partial charge in [0.2, 0.25) is 0 Å². The first-order valence-electron chi connectivity index (χ1n) is 5.36. The Morgan fingerprint density at radius 3 is 2.92 bits per heavy atom. The van der Waals surface area contributed by atoms with Gasteiger partial charge in [-0.05, 0) is 54.8 Å². The van der Waals surface area contributed by atoms with Crippen molar-refractivity contribution in [1.29, 1.82) is 0 Å². The van der Waals surface area contributed by atoms with Crippen LogP contribution >= 0.6 is 0 Å². The highest BCUT2D eigenvalue weighted by Crippen LogP contribution is 2.67. The zero-order valence-electron chi connectivity index (χ0n) is 7.79. The van der Waals surface area contributed by atoms with E-state index in [-0.39, 0.29) is 0 Å². The molecule has 3 saturated carbocycles. The zero-order chi connectivity index (χ0) is 8.34. The van der Waals surface area contributed by atoms with E-state index in [0.717, 1.165) is 23.7 Å². The number of aliphatic hydroxyl groups is 1. The number of hydrogen-bond donors (Lipinski definition) is 1. The first kappa shape index (κ1) is 7.37. The van der Waals surface area contributed by atoms with Gasteiger partial charge in [0.1, 0.15) is 0 Å². The summed E-state index contributed by atoms with van der Waals surface area (Å²) in [5.41, 5.74) is 0.317. The lowest BCUT2D eigenvalue weighted by atomic mass is 9.69. The van der Waals surface area contributed by atoms with E-state index in [1.54, 1.807) is 0 Å². The summed E-state index contributed by atoms with van der Waals surface area (Å²) in [5.74, 6) is 3.81. The summed E-state index contributed by atoms with van der Waals surface area (Å²) in [5, 5.41) is 9.47. The van der Waals surface area contributed by atoms with Gasteiger partial charge in [-0.25, -0.2) is 0 Å². The highest BCUT2D eigenvalue weighted by Gasteiger charge is 2.61. The summed E-state index contributed by atoms with van der Waals surface area (Å²) < 4.78 is 0. The average Bonchev–Trinajstić information content (AvgIpc) is 2.62. The molecule has 0 aromatic carbocycles. The van der Waals surface area contributed by atoms with Crippen LogP contribution in [0.5, 0.6) is 0 Å². The molecule has 0 aromatic rings. The first-order valence-corrected chi connectivity index (χ1v) is 5.36. The Labute approximate surface area is 74.2 Å². The quantitative estimate of drug-likeness (QED) is 0.632. The molecule has 0 aliphatic heterocycles. The van der Waals surface area contributed by atoms with Gasteiger partial charge in [-0.3, -0.25) is 0 Å². The highest BCUT2D eigenvalue weighted by atomic mass is 16.3. The fourth-order valence-electron chi connectivity index (χ4n) is 4.50. The van der Waals surface area contributed by atoms with Crippen LogP contribution < -0.4 is 0 Å². The van der Waals surface area contributed by atoms with Gasteiger partial charge in [0, 0.05) is 6.61 Å². The minimum Gasteiger partial charge on any atom is -0.396 e. The molecule has 0 aromatic heterocycles. The van der Waals surface area contributed by atoms with Gasteiger partial charge >= 0.3 is 0 Å². The van der Waals surface area contributed by atoms with E-state index in [9.17, 15) is 5.11 Å². The molecule has 0 radical (unpaired) electrons. The van der Waals surface area contributed by atoms with Gasteiger partial charge in [-0.1, -0.05) is 6.92 Å². The second-order valence-corrected chi connectivity index (χ2v) is 5.44. The molecule has 0 saturated heterocycles. The van der Waals surface area contributed by atoms with Crippen LogP contribution in [0.1, 0.15) is 32.6 Å². The fourth-order valence-corrected chi connectivity index (χ4v) is 4.50. The van der Waals surface area contributed by atoms with Gasteiger partial charge < -0.3 is 5.11 Å². The molecule has 68 valence electrons. The van der Waals surface area contributed by atoms with Crippen LogP contribution in [0.4, 0.5) is 0 Å². The number of rotatable bonds is 1. The van der Waals surface area contributed by atoms with Crippen molar-refractivity contribution in [2.75, 3.05) is 6.61 Å². The van der Waals surface area contributed by atoms with Crippen molar-refractivity contribution in [3.05, 3.63) is 0 Å². The van der Waals surface area contributed by atoms with E-state index in [1.165, 1.54) is 25.7 Å². The third kappa shape index (κ3) is 0.618. The molecule has 3 aliphatic carbocycles. The van der Waals surface area contributed by atoms with E-state index in [4.69, 9.17) is 0 Å². The van der Waals surface area contributed by atoms with Crippen molar-refractivity contribution in [1.82, 2.24) is 0 Å². The van der Waals surface area contributed by atoms with Crippen LogP contribution in [-0.2, 0) is 0 Å². The molecule has 0 heterocycles. The first-order chi connectivity index (χ1) is 5.75. The highest BCUT2D eigenvalue weighted by molar-refractivity contribution is 5.10. The molecular weight excluding hydrogens is 148 g/mol. The van der Waals surface area contributed by atoms with Crippen molar-refractivity contribution >= 4 is 0 Å². The van der Waals surface area contributed by atoms with E-state index in [1.807, 2.05) is 0 Å². The van der Waals surface area contributed by atoms with Crippen LogP contribution in [0.15, 0.2) is 0 Å². The van der Waals surface area contributed by atoms with E-state index < -0.39 is 0 Å². The maximum atomic E-state index is 9.47. The van der Waals surface area contributed by atoms with Crippen molar-refractivity contribution in [2.24, 2.45) is 29.1 Å². The molecular formula is C11H18O. The SMILES string of the molecule is C[C@@]1(CO)[C@H]2C[C@H]3CC[C@@H]1[C@H]3C2. The monoisotopic (exact) mass is 166 g/mol. The Kier molecular flexibility index (Phi) is 1.27. The third-order valence-electron chi connectivity index (χ3n) is 5.24. The predicted molar refractivity (Wildman–Crippen MR) is 47.6 cm³/mol. The molecule has 1 N–H and O–H groups in total. The topological polar surface area (TPSA) is 20.2 Å². The summed E-state index contributed by atoms with van der Waals surface area (Å²) in [4.78, 5) is 0. The summed E-state index contributed by atoms with van der Waals surface area (Å²) in [7, 11) is 0. The standard InChI is InChI=1S/C11H18O/c1-11(6-12)8-4-7-2-3-10(11)9(7)5-8/h7-10,12H,2-6H2,1H3/t7-,8+,9+,10-,11-/m1/s1.